The highest BCUT2D eigenvalue weighted by molar-refractivity contribution is 7.99. The van der Waals surface area contributed by atoms with Gasteiger partial charge in [-0.3, -0.25) is 4.57 Å². The molecule has 0 spiro atoms. The third kappa shape index (κ3) is 4.37. The molecule has 5 heteroatoms. The van der Waals surface area contributed by atoms with Crippen LogP contribution in [0.2, 0.25) is 0 Å². The molecule has 1 aromatic heterocycles. The quantitative estimate of drug-likeness (QED) is 0.457. The number of hydrogen-bond acceptors (Lipinski definition) is 4. The summed E-state index contributed by atoms with van der Waals surface area (Å²) in [5.41, 5.74) is 3.29. The van der Waals surface area contributed by atoms with Crippen LogP contribution in [0.3, 0.4) is 0 Å². The van der Waals surface area contributed by atoms with E-state index in [9.17, 15) is 4.79 Å². The summed E-state index contributed by atoms with van der Waals surface area (Å²) in [5.74, 6) is 1.90. The molecule has 4 nitrogen and oxygen atoms in total. The maximum atomic E-state index is 11.1. The van der Waals surface area contributed by atoms with Crippen LogP contribution in [-0.2, 0) is 4.79 Å². The first-order valence-corrected chi connectivity index (χ1v) is 9.34. The lowest BCUT2D eigenvalue weighted by atomic mass is 10.2. The summed E-state index contributed by atoms with van der Waals surface area (Å²) in [7, 11) is 0. The van der Waals surface area contributed by atoms with Crippen LogP contribution in [0, 0.1) is 6.92 Å². The third-order valence-corrected chi connectivity index (χ3v) is 4.88. The Labute approximate surface area is 152 Å². The molecule has 0 aliphatic carbocycles. The van der Waals surface area contributed by atoms with Gasteiger partial charge in [-0.2, -0.15) is 0 Å². The van der Waals surface area contributed by atoms with Gasteiger partial charge in [-0.1, -0.05) is 59.8 Å². The van der Waals surface area contributed by atoms with Gasteiger partial charge >= 0.3 is 0 Å². The van der Waals surface area contributed by atoms with Gasteiger partial charge in [0.1, 0.15) is 5.78 Å². The number of thioether (sulfide) groups is 1. The number of rotatable bonds is 7. The van der Waals surface area contributed by atoms with E-state index < -0.39 is 0 Å². The van der Waals surface area contributed by atoms with Crippen molar-refractivity contribution in [2.45, 2.75) is 31.8 Å². The van der Waals surface area contributed by atoms with Crippen molar-refractivity contribution < 1.29 is 4.79 Å². The number of benzene rings is 2. The van der Waals surface area contributed by atoms with Gasteiger partial charge < -0.3 is 4.79 Å². The van der Waals surface area contributed by atoms with Crippen LogP contribution < -0.4 is 0 Å². The van der Waals surface area contributed by atoms with E-state index in [1.165, 1.54) is 5.56 Å². The van der Waals surface area contributed by atoms with Crippen molar-refractivity contribution in [3.8, 4) is 17.1 Å². The van der Waals surface area contributed by atoms with E-state index in [4.69, 9.17) is 0 Å². The van der Waals surface area contributed by atoms with Crippen molar-refractivity contribution in [2.75, 3.05) is 5.75 Å². The Hall–Kier alpha value is -2.40. The highest BCUT2D eigenvalue weighted by atomic mass is 32.2. The summed E-state index contributed by atoms with van der Waals surface area (Å²) >= 11 is 1.64. The minimum Gasteiger partial charge on any atom is -0.300 e. The first-order valence-electron chi connectivity index (χ1n) is 8.35. The number of nitrogens with zero attached hydrogens (tertiary/aromatic N) is 3. The van der Waals surface area contributed by atoms with E-state index in [1.54, 1.807) is 18.7 Å². The van der Waals surface area contributed by atoms with Crippen LogP contribution in [0.1, 0.15) is 25.3 Å². The van der Waals surface area contributed by atoms with E-state index in [1.807, 2.05) is 30.3 Å². The first-order chi connectivity index (χ1) is 12.1. The molecule has 25 heavy (non-hydrogen) atoms. The lowest BCUT2D eigenvalue weighted by Gasteiger charge is -2.10. The molecule has 0 atom stereocenters. The molecule has 0 N–H and O–H groups in total. The second-order valence-electron chi connectivity index (χ2n) is 6.00. The molecule has 2 aromatic carbocycles. The summed E-state index contributed by atoms with van der Waals surface area (Å²) in [6.07, 6.45) is 1.46. The van der Waals surface area contributed by atoms with Crippen molar-refractivity contribution in [3.05, 3.63) is 60.2 Å². The zero-order valence-electron chi connectivity index (χ0n) is 14.5. The summed E-state index contributed by atoms with van der Waals surface area (Å²) < 4.78 is 2.09. The molecule has 0 saturated heterocycles. The third-order valence-electron chi connectivity index (χ3n) is 3.86. The molecule has 0 aliphatic rings. The van der Waals surface area contributed by atoms with E-state index in [0.717, 1.165) is 34.4 Å². The first kappa shape index (κ1) is 17.4. The van der Waals surface area contributed by atoms with Gasteiger partial charge in [0.05, 0.1) is 0 Å². The Kier molecular flexibility index (Phi) is 5.66. The molecule has 0 fully saturated rings. The number of aryl methyl sites for hydroxylation is 1. The highest BCUT2D eigenvalue weighted by Crippen LogP contribution is 2.28. The standard InChI is InChI=1S/C20H21N3OS/c1-15-10-12-18(13-11-15)23-19(17-8-4-3-5-9-17)21-22-20(23)25-14-6-7-16(2)24/h3-5,8-13H,6-7,14H2,1-2H3. The lowest BCUT2D eigenvalue weighted by molar-refractivity contribution is -0.117. The summed E-state index contributed by atoms with van der Waals surface area (Å²) in [4.78, 5) is 11.1. The van der Waals surface area contributed by atoms with Gasteiger partial charge in [0.25, 0.3) is 0 Å². The van der Waals surface area contributed by atoms with Gasteiger partial charge in [0.15, 0.2) is 11.0 Å². The van der Waals surface area contributed by atoms with Gasteiger partial charge in [-0.05, 0) is 32.4 Å². The average molecular weight is 351 g/mol. The fourth-order valence-corrected chi connectivity index (χ4v) is 3.44. The van der Waals surface area contributed by atoms with Crippen molar-refractivity contribution in [2.24, 2.45) is 0 Å². The average Bonchev–Trinajstić information content (AvgIpc) is 3.04. The number of aromatic nitrogens is 3. The number of carbonyl (C=O) groups is 1. The van der Waals surface area contributed by atoms with E-state index >= 15 is 0 Å². The Morgan fingerprint density at radius 1 is 1.04 bits per heavy atom. The molecule has 1 heterocycles. The number of ketones is 1. The van der Waals surface area contributed by atoms with Crippen LogP contribution in [0.4, 0.5) is 0 Å². The number of hydrogen-bond donors (Lipinski definition) is 0. The zero-order valence-corrected chi connectivity index (χ0v) is 15.3. The van der Waals surface area contributed by atoms with E-state index in [0.29, 0.717) is 6.42 Å². The van der Waals surface area contributed by atoms with Gasteiger partial charge in [0.2, 0.25) is 0 Å². The maximum absolute atomic E-state index is 11.1. The maximum Gasteiger partial charge on any atom is 0.196 e. The van der Waals surface area contributed by atoms with E-state index in [-0.39, 0.29) is 5.78 Å². The SMILES string of the molecule is CC(=O)CCCSc1nnc(-c2ccccc2)n1-c1ccc(C)cc1. The van der Waals surface area contributed by atoms with Crippen LogP contribution in [0.25, 0.3) is 17.1 Å². The Balaban J connectivity index is 1.94. The van der Waals surface area contributed by atoms with Crippen LogP contribution in [-0.4, -0.2) is 26.3 Å². The Morgan fingerprint density at radius 3 is 2.44 bits per heavy atom. The smallest absolute Gasteiger partial charge is 0.196 e. The van der Waals surface area contributed by atoms with Crippen LogP contribution in [0.5, 0.6) is 0 Å². The molecule has 0 saturated carbocycles. The van der Waals surface area contributed by atoms with Crippen molar-refractivity contribution in [3.63, 3.8) is 0 Å². The molecule has 0 aliphatic heterocycles. The highest BCUT2D eigenvalue weighted by Gasteiger charge is 2.15. The Morgan fingerprint density at radius 2 is 1.76 bits per heavy atom. The van der Waals surface area contributed by atoms with Crippen molar-refractivity contribution in [1.82, 2.24) is 14.8 Å². The molecule has 0 unspecified atom stereocenters. The van der Waals surface area contributed by atoms with Crippen molar-refractivity contribution in [1.29, 1.82) is 0 Å². The minimum absolute atomic E-state index is 0.227. The van der Waals surface area contributed by atoms with Crippen LogP contribution >= 0.6 is 11.8 Å². The van der Waals surface area contributed by atoms with Crippen molar-refractivity contribution >= 4 is 17.5 Å². The summed E-state index contributed by atoms with van der Waals surface area (Å²) in [6.45, 7) is 3.71. The minimum atomic E-state index is 0.227. The normalized spacial score (nSPS) is 10.8. The zero-order chi connectivity index (χ0) is 17.6. The topological polar surface area (TPSA) is 47.8 Å². The predicted molar refractivity (Wildman–Crippen MR) is 102 cm³/mol. The summed E-state index contributed by atoms with van der Waals surface area (Å²) in [5, 5.41) is 9.68. The van der Waals surface area contributed by atoms with E-state index in [2.05, 4.69) is 46.0 Å². The fraction of sp³-hybridized carbons (Fsp3) is 0.250. The number of Topliss-reactive ketones (excluding diaryl/α,β-unsaturated/α-hetero) is 1. The van der Waals surface area contributed by atoms with Crippen LogP contribution in [0.15, 0.2) is 59.8 Å². The largest absolute Gasteiger partial charge is 0.300 e. The molecule has 3 rings (SSSR count). The molecule has 0 radical (unpaired) electrons. The molecular formula is C20H21N3OS. The number of carbonyl (C=O) groups excluding carboxylic acids is 1. The second-order valence-corrected chi connectivity index (χ2v) is 7.06. The molecule has 0 amide bonds. The molecule has 128 valence electrons. The second kappa shape index (κ2) is 8.12. The molecule has 0 bridgehead atoms. The predicted octanol–water partition coefficient (Wildman–Crippen LogP) is 4.70. The monoisotopic (exact) mass is 351 g/mol. The molecular weight excluding hydrogens is 330 g/mol. The van der Waals surface area contributed by atoms with Gasteiger partial charge in [0, 0.05) is 23.4 Å². The van der Waals surface area contributed by atoms with Gasteiger partial charge in [-0.15, -0.1) is 10.2 Å². The summed E-state index contributed by atoms with van der Waals surface area (Å²) in [6, 6.07) is 18.4. The van der Waals surface area contributed by atoms with Gasteiger partial charge in [-0.25, -0.2) is 0 Å². The lowest BCUT2D eigenvalue weighted by Crippen LogP contribution is -2.00. The molecule has 3 aromatic rings. The Bertz CT molecular complexity index is 841. The fourth-order valence-electron chi connectivity index (χ4n) is 2.55.